The van der Waals surface area contributed by atoms with Crippen molar-refractivity contribution < 1.29 is 0 Å². The molecule has 0 saturated heterocycles. The van der Waals surface area contributed by atoms with Gasteiger partial charge in [-0.3, -0.25) is 0 Å². The van der Waals surface area contributed by atoms with Crippen molar-refractivity contribution in [2.75, 3.05) is 0 Å². The zero-order valence-electron chi connectivity index (χ0n) is 33.8. The van der Waals surface area contributed by atoms with Gasteiger partial charge in [0.2, 0.25) is 0 Å². The van der Waals surface area contributed by atoms with Gasteiger partial charge in [0.25, 0.3) is 0 Å². The fraction of sp³-hybridized carbons (Fsp3) is 0.796. The lowest BCUT2D eigenvalue weighted by Crippen LogP contribution is -2.34. The first-order valence-corrected chi connectivity index (χ1v) is 22.4. The van der Waals surface area contributed by atoms with Crippen molar-refractivity contribution in [3.63, 3.8) is 0 Å². The summed E-state index contributed by atoms with van der Waals surface area (Å²) in [6, 6.07) is 12.1. The number of rotatable bonds is 25. The zero-order valence-corrected chi connectivity index (χ0v) is 33.8. The molecule has 0 aliphatic heterocycles. The van der Waals surface area contributed by atoms with Gasteiger partial charge in [0.15, 0.2) is 0 Å². The highest BCUT2D eigenvalue weighted by molar-refractivity contribution is 5.88. The lowest BCUT2D eigenvalue weighted by molar-refractivity contribution is 0.144. The molecule has 0 amide bonds. The second-order valence-electron chi connectivity index (χ2n) is 18.3. The maximum atomic E-state index is 2.57. The molecule has 2 aliphatic rings. The highest BCUT2D eigenvalue weighted by atomic mass is 14.4. The second-order valence-corrected chi connectivity index (χ2v) is 18.3. The molecule has 4 rings (SSSR count). The van der Waals surface area contributed by atoms with Gasteiger partial charge in [-0.1, -0.05) is 205 Å². The maximum absolute atomic E-state index is 2.57. The summed E-state index contributed by atoms with van der Waals surface area (Å²) in [5.41, 5.74) is 4.78. The highest BCUT2D eigenvalue weighted by Gasteiger charge is 2.39. The van der Waals surface area contributed by atoms with E-state index in [1.807, 2.05) is 0 Å². The molecule has 0 aromatic heterocycles. The van der Waals surface area contributed by atoms with E-state index in [4.69, 9.17) is 0 Å². The molecule has 49 heavy (non-hydrogen) atoms. The van der Waals surface area contributed by atoms with E-state index < -0.39 is 0 Å². The number of hydrogen-bond acceptors (Lipinski definition) is 0. The summed E-state index contributed by atoms with van der Waals surface area (Å²) in [6.07, 6.45) is 37.9. The Morgan fingerprint density at radius 2 is 1.16 bits per heavy atom. The predicted molar refractivity (Wildman–Crippen MR) is 220 cm³/mol. The molecule has 2 aromatic carbocycles. The molecule has 7 unspecified atom stereocenters. The number of benzene rings is 2. The minimum atomic E-state index is 0.804. The summed E-state index contributed by atoms with van der Waals surface area (Å²) >= 11 is 0. The van der Waals surface area contributed by atoms with Gasteiger partial charge in [-0.05, 0) is 102 Å². The molecule has 2 aromatic rings. The molecular weight excluding hydrogens is 589 g/mol. The van der Waals surface area contributed by atoms with E-state index >= 15 is 0 Å². The Morgan fingerprint density at radius 1 is 0.612 bits per heavy atom. The molecule has 278 valence electrons. The molecule has 0 N–H and O–H groups in total. The van der Waals surface area contributed by atoms with Gasteiger partial charge < -0.3 is 0 Å². The summed E-state index contributed by atoms with van der Waals surface area (Å²) < 4.78 is 0. The van der Waals surface area contributed by atoms with Crippen LogP contribution in [0.1, 0.15) is 218 Å². The van der Waals surface area contributed by atoms with Crippen molar-refractivity contribution in [1.29, 1.82) is 0 Å². The quantitative estimate of drug-likeness (QED) is 0.0922. The van der Waals surface area contributed by atoms with Crippen molar-refractivity contribution >= 4 is 10.8 Å². The van der Waals surface area contributed by atoms with Crippen LogP contribution in [-0.2, 0) is 6.42 Å². The van der Waals surface area contributed by atoms with Crippen LogP contribution in [0.2, 0.25) is 0 Å². The minimum absolute atomic E-state index is 0.804. The topological polar surface area (TPSA) is 0 Å². The van der Waals surface area contributed by atoms with Crippen LogP contribution in [0.15, 0.2) is 30.3 Å². The van der Waals surface area contributed by atoms with Gasteiger partial charge >= 0.3 is 0 Å². The maximum Gasteiger partial charge on any atom is -0.0128 e. The molecule has 0 heterocycles. The van der Waals surface area contributed by atoms with E-state index in [0.29, 0.717) is 0 Å². The van der Waals surface area contributed by atoms with Gasteiger partial charge in [0.1, 0.15) is 0 Å². The smallest absolute Gasteiger partial charge is 0.0128 e. The molecular formula is C49H82. The SMILES string of the molecule is CCCCCCCCCCCCCCCCC(C)CCCC(C)CCCC(C)CC1CCC2c3ccc4cc(C)ccc4c3CC(C)C2C1. The van der Waals surface area contributed by atoms with E-state index in [1.54, 1.807) is 11.1 Å². The normalized spacial score (nSPS) is 22.5. The van der Waals surface area contributed by atoms with Crippen molar-refractivity contribution in [3.8, 4) is 0 Å². The largest absolute Gasteiger partial charge is 0.0654 e. The van der Waals surface area contributed by atoms with E-state index in [1.165, 1.54) is 183 Å². The molecule has 1 saturated carbocycles. The standard InChI is InChI=1S/C49H82/c1-7-8-9-10-11-12-13-14-15-16-17-18-19-20-23-38(2)24-21-25-39(3)26-22-27-40(4)34-43-29-32-46-47-33-30-44-35-41(5)28-31-45(44)49(47)36-42(6)48(46)37-43/h28,30-31,33,35,38-40,42-43,46,48H,7-27,29,32,34,36-37H2,1-6H3. The third-order valence-corrected chi connectivity index (χ3v) is 13.6. The molecule has 0 spiro atoms. The predicted octanol–water partition coefficient (Wildman–Crippen LogP) is 16.4. The molecule has 0 bridgehead atoms. The lowest BCUT2D eigenvalue weighted by Gasteiger charge is -2.45. The Morgan fingerprint density at radius 3 is 1.78 bits per heavy atom. The van der Waals surface area contributed by atoms with Crippen LogP contribution in [-0.4, -0.2) is 0 Å². The molecule has 2 aliphatic carbocycles. The summed E-state index contributed by atoms with van der Waals surface area (Å²) in [4.78, 5) is 0. The molecule has 0 nitrogen and oxygen atoms in total. The lowest BCUT2D eigenvalue weighted by atomic mass is 9.60. The fourth-order valence-electron chi connectivity index (χ4n) is 10.4. The summed E-state index contributed by atoms with van der Waals surface area (Å²) in [5, 5.41) is 2.99. The Bertz CT molecular complexity index is 1160. The van der Waals surface area contributed by atoms with Gasteiger partial charge in [0, 0.05) is 0 Å². The van der Waals surface area contributed by atoms with E-state index in [9.17, 15) is 0 Å². The highest BCUT2D eigenvalue weighted by Crippen LogP contribution is 2.51. The van der Waals surface area contributed by atoms with Gasteiger partial charge in [-0.15, -0.1) is 0 Å². The minimum Gasteiger partial charge on any atom is -0.0654 e. The zero-order chi connectivity index (χ0) is 34.8. The number of hydrogen-bond donors (Lipinski definition) is 0. The first-order valence-electron chi connectivity index (χ1n) is 22.4. The number of unbranched alkanes of at least 4 members (excludes halogenated alkanes) is 13. The van der Waals surface area contributed by atoms with Crippen molar-refractivity contribution in [2.45, 2.75) is 214 Å². The van der Waals surface area contributed by atoms with Crippen molar-refractivity contribution in [3.05, 3.63) is 47.0 Å². The Labute approximate surface area is 306 Å². The van der Waals surface area contributed by atoms with Crippen molar-refractivity contribution in [1.82, 2.24) is 0 Å². The molecule has 0 heteroatoms. The van der Waals surface area contributed by atoms with E-state index in [0.717, 1.165) is 41.4 Å². The Kier molecular flexibility index (Phi) is 18.7. The molecule has 0 radical (unpaired) electrons. The van der Waals surface area contributed by atoms with Crippen LogP contribution >= 0.6 is 0 Å². The third-order valence-electron chi connectivity index (χ3n) is 13.6. The first-order chi connectivity index (χ1) is 23.9. The Balaban J connectivity index is 0.987. The summed E-state index contributed by atoms with van der Waals surface area (Å²) in [6.45, 7) is 14.7. The monoisotopic (exact) mass is 671 g/mol. The van der Waals surface area contributed by atoms with E-state index in [-0.39, 0.29) is 0 Å². The van der Waals surface area contributed by atoms with Crippen LogP contribution in [0.5, 0.6) is 0 Å². The second kappa shape index (κ2) is 22.6. The molecule has 7 atom stereocenters. The third kappa shape index (κ3) is 14.0. The summed E-state index contributed by atoms with van der Waals surface area (Å²) in [7, 11) is 0. The fourth-order valence-corrected chi connectivity index (χ4v) is 10.4. The van der Waals surface area contributed by atoms with Crippen LogP contribution in [0.4, 0.5) is 0 Å². The average Bonchev–Trinajstić information content (AvgIpc) is 3.08. The van der Waals surface area contributed by atoms with Gasteiger partial charge in [0.05, 0.1) is 0 Å². The number of aryl methyl sites for hydroxylation is 1. The summed E-state index contributed by atoms with van der Waals surface area (Å²) in [5.74, 6) is 6.24. The average molecular weight is 671 g/mol. The van der Waals surface area contributed by atoms with Crippen LogP contribution in [0.25, 0.3) is 10.8 Å². The van der Waals surface area contributed by atoms with E-state index in [2.05, 4.69) is 71.9 Å². The van der Waals surface area contributed by atoms with Crippen molar-refractivity contribution in [2.24, 2.45) is 35.5 Å². The molecule has 1 fully saturated rings. The first kappa shape index (κ1) is 40.5. The van der Waals surface area contributed by atoms with Gasteiger partial charge in [-0.25, -0.2) is 0 Å². The van der Waals surface area contributed by atoms with Crippen LogP contribution in [0.3, 0.4) is 0 Å². The van der Waals surface area contributed by atoms with Crippen LogP contribution < -0.4 is 0 Å². The number of fused-ring (bicyclic) bond motifs is 5. The van der Waals surface area contributed by atoms with Crippen LogP contribution in [0, 0.1) is 42.4 Å². The van der Waals surface area contributed by atoms with Gasteiger partial charge in [-0.2, -0.15) is 0 Å². The Hall–Kier alpha value is -1.30.